The topological polar surface area (TPSA) is 46.9 Å². The van der Waals surface area contributed by atoms with E-state index in [9.17, 15) is 4.79 Å². The number of nitrogens with one attached hydrogen (secondary N) is 1. The minimum atomic E-state index is 0.198. The molecular weight excluding hydrogens is 202 g/mol. The second-order valence-electron chi connectivity index (χ2n) is 4.71. The molecule has 2 rings (SSSR count). The Morgan fingerprint density at radius 3 is 3.06 bits per heavy atom. The van der Waals surface area contributed by atoms with Crippen LogP contribution >= 0.6 is 0 Å². The lowest BCUT2D eigenvalue weighted by atomic mass is 10.00. The van der Waals surface area contributed by atoms with Gasteiger partial charge in [0.05, 0.1) is 12.1 Å². The smallest absolute Gasteiger partial charge is 0.143 e. The van der Waals surface area contributed by atoms with Gasteiger partial charge in [0.15, 0.2) is 0 Å². The molecule has 1 atom stereocenters. The third-order valence-corrected chi connectivity index (χ3v) is 3.06. The van der Waals surface area contributed by atoms with Crippen LogP contribution in [0.5, 0.6) is 0 Å². The Labute approximate surface area is 96.0 Å². The summed E-state index contributed by atoms with van der Waals surface area (Å²) < 4.78 is 1.90. The zero-order valence-corrected chi connectivity index (χ0v) is 9.94. The van der Waals surface area contributed by atoms with Gasteiger partial charge in [-0.05, 0) is 32.9 Å². The van der Waals surface area contributed by atoms with E-state index in [1.54, 1.807) is 0 Å². The van der Waals surface area contributed by atoms with Gasteiger partial charge in [0, 0.05) is 24.7 Å². The van der Waals surface area contributed by atoms with Crippen molar-refractivity contribution in [2.45, 2.75) is 32.7 Å². The van der Waals surface area contributed by atoms with E-state index in [0.717, 1.165) is 25.2 Å². The first-order valence-corrected chi connectivity index (χ1v) is 5.94. The molecule has 1 fully saturated rings. The zero-order valence-electron chi connectivity index (χ0n) is 9.94. The number of hydrogen-bond acceptors (Lipinski definition) is 3. The van der Waals surface area contributed by atoms with Crippen molar-refractivity contribution in [1.29, 1.82) is 0 Å². The van der Waals surface area contributed by atoms with Gasteiger partial charge in [0.2, 0.25) is 0 Å². The molecule has 1 N–H and O–H groups in total. The van der Waals surface area contributed by atoms with E-state index in [4.69, 9.17) is 0 Å². The number of rotatable bonds is 4. The minimum Gasteiger partial charge on any atom is -0.316 e. The summed E-state index contributed by atoms with van der Waals surface area (Å²) in [6, 6.07) is 2.30. The molecule has 1 saturated heterocycles. The van der Waals surface area contributed by atoms with Gasteiger partial charge in [0.25, 0.3) is 0 Å². The van der Waals surface area contributed by atoms with E-state index < -0.39 is 0 Å². The Hall–Kier alpha value is -1.16. The highest BCUT2D eigenvalue weighted by Crippen LogP contribution is 2.12. The highest BCUT2D eigenvalue weighted by Gasteiger charge is 2.22. The summed E-state index contributed by atoms with van der Waals surface area (Å²) in [7, 11) is 0. The molecule has 1 aliphatic heterocycles. The van der Waals surface area contributed by atoms with E-state index in [2.05, 4.69) is 24.3 Å². The number of ketones is 1. The second-order valence-corrected chi connectivity index (χ2v) is 4.71. The van der Waals surface area contributed by atoms with Crippen molar-refractivity contribution < 1.29 is 4.79 Å². The third-order valence-electron chi connectivity index (χ3n) is 3.06. The Morgan fingerprint density at radius 2 is 2.50 bits per heavy atom. The quantitative estimate of drug-likeness (QED) is 0.830. The minimum absolute atomic E-state index is 0.198. The number of carbonyl (C=O) groups excluding carboxylic acids is 1. The van der Waals surface area contributed by atoms with Crippen LogP contribution < -0.4 is 5.32 Å². The molecule has 1 unspecified atom stereocenters. The maximum absolute atomic E-state index is 11.9. The Kier molecular flexibility index (Phi) is 3.39. The standard InChI is InChI=1S/C12H19N3O/c1-9(2)15-6-4-11(14-15)7-12(16)10-3-5-13-8-10/h4,6,9-10,13H,3,5,7-8H2,1-2H3. The fraction of sp³-hybridized carbons (Fsp3) is 0.667. The fourth-order valence-corrected chi connectivity index (χ4v) is 2.01. The van der Waals surface area contributed by atoms with Crippen molar-refractivity contribution in [1.82, 2.24) is 15.1 Å². The molecular formula is C12H19N3O. The van der Waals surface area contributed by atoms with Gasteiger partial charge in [-0.2, -0.15) is 5.10 Å². The van der Waals surface area contributed by atoms with Gasteiger partial charge in [-0.25, -0.2) is 0 Å². The van der Waals surface area contributed by atoms with Gasteiger partial charge >= 0.3 is 0 Å². The molecule has 1 aliphatic rings. The first-order valence-electron chi connectivity index (χ1n) is 5.94. The lowest BCUT2D eigenvalue weighted by molar-refractivity contribution is -0.121. The molecule has 0 saturated carbocycles. The van der Waals surface area contributed by atoms with E-state index in [1.807, 2.05) is 16.9 Å². The van der Waals surface area contributed by atoms with Crippen LogP contribution in [-0.4, -0.2) is 28.7 Å². The lowest BCUT2D eigenvalue weighted by Crippen LogP contribution is -2.19. The van der Waals surface area contributed by atoms with Crippen molar-refractivity contribution in [3.05, 3.63) is 18.0 Å². The van der Waals surface area contributed by atoms with E-state index in [-0.39, 0.29) is 5.92 Å². The summed E-state index contributed by atoms with van der Waals surface area (Å²) in [5, 5.41) is 7.61. The van der Waals surface area contributed by atoms with Gasteiger partial charge in [0.1, 0.15) is 5.78 Å². The van der Waals surface area contributed by atoms with E-state index in [1.165, 1.54) is 0 Å². The van der Waals surface area contributed by atoms with Crippen LogP contribution in [0.3, 0.4) is 0 Å². The van der Waals surface area contributed by atoms with Crippen LogP contribution in [0.25, 0.3) is 0 Å². The summed E-state index contributed by atoms with van der Waals surface area (Å²) in [5.74, 6) is 0.517. The average molecular weight is 221 g/mol. The SMILES string of the molecule is CC(C)n1ccc(CC(=O)C2CCNC2)n1. The van der Waals surface area contributed by atoms with Crippen LogP contribution in [-0.2, 0) is 11.2 Å². The van der Waals surface area contributed by atoms with Crippen LogP contribution in [0.2, 0.25) is 0 Å². The summed E-state index contributed by atoms with van der Waals surface area (Å²) >= 11 is 0. The van der Waals surface area contributed by atoms with Crippen LogP contribution in [0.15, 0.2) is 12.3 Å². The van der Waals surface area contributed by atoms with E-state index in [0.29, 0.717) is 18.2 Å². The summed E-state index contributed by atoms with van der Waals surface area (Å²) in [6.07, 6.45) is 3.40. The maximum Gasteiger partial charge on any atom is 0.143 e. The normalized spacial score (nSPS) is 20.6. The third kappa shape index (κ3) is 2.50. The molecule has 0 aromatic carbocycles. The zero-order chi connectivity index (χ0) is 11.5. The maximum atomic E-state index is 11.9. The largest absolute Gasteiger partial charge is 0.316 e. The number of aromatic nitrogens is 2. The van der Waals surface area contributed by atoms with Crippen molar-refractivity contribution in [2.75, 3.05) is 13.1 Å². The molecule has 88 valence electrons. The molecule has 0 bridgehead atoms. The van der Waals surface area contributed by atoms with E-state index >= 15 is 0 Å². The Balaban J connectivity index is 1.95. The Morgan fingerprint density at radius 1 is 1.69 bits per heavy atom. The summed E-state index contributed by atoms with van der Waals surface area (Å²) in [5.41, 5.74) is 0.894. The lowest BCUT2D eigenvalue weighted by Gasteiger charge is -2.06. The Bertz CT molecular complexity index is 364. The van der Waals surface area contributed by atoms with Gasteiger partial charge in [-0.15, -0.1) is 0 Å². The van der Waals surface area contributed by atoms with Crippen molar-refractivity contribution in [3.63, 3.8) is 0 Å². The highest BCUT2D eigenvalue weighted by molar-refractivity contribution is 5.83. The van der Waals surface area contributed by atoms with Gasteiger partial charge in [-0.3, -0.25) is 9.48 Å². The highest BCUT2D eigenvalue weighted by atomic mass is 16.1. The van der Waals surface area contributed by atoms with Crippen LogP contribution in [0, 0.1) is 5.92 Å². The number of hydrogen-bond donors (Lipinski definition) is 1. The first kappa shape index (κ1) is 11.3. The second kappa shape index (κ2) is 4.78. The fourth-order valence-electron chi connectivity index (χ4n) is 2.01. The van der Waals surface area contributed by atoms with Crippen molar-refractivity contribution >= 4 is 5.78 Å². The van der Waals surface area contributed by atoms with Crippen molar-refractivity contribution in [2.24, 2.45) is 5.92 Å². The molecule has 0 aliphatic carbocycles. The summed E-state index contributed by atoms with van der Waals surface area (Å²) in [6.45, 7) is 5.97. The van der Waals surface area contributed by atoms with Crippen LogP contribution in [0.1, 0.15) is 32.0 Å². The summed E-state index contributed by atoms with van der Waals surface area (Å²) in [4.78, 5) is 11.9. The molecule has 4 heteroatoms. The molecule has 2 heterocycles. The molecule has 1 aromatic rings. The predicted molar refractivity (Wildman–Crippen MR) is 62.3 cm³/mol. The molecule has 0 spiro atoms. The monoisotopic (exact) mass is 221 g/mol. The number of carbonyl (C=O) groups is 1. The van der Waals surface area contributed by atoms with Crippen LogP contribution in [0.4, 0.5) is 0 Å². The molecule has 1 aromatic heterocycles. The number of Topliss-reactive ketones (excluding diaryl/α,β-unsaturated/α-hetero) is 1. The number of nitrogens with zero attached hydrogens (tertiary/aromatic N) is 2. The molecule has 0 amide bonds. The molecule has 16 heavy (non-hydrogen) atoms. The molecule has 4 nitrogen and oxygen atoms in total. The molecule has 0 radical (unpaired) electrons. The van der Waals surface area contributed by atoms with Gasteiger partial charge in [-0.1, -0.05) is 0 Å². The predicted octanol–water partition coefficient (Wildman–Crippen LogP) is 1.19. The average Bonchev–Trinajstić information content (AvgIpc) is 2.87. The van der Waals surface area contributed by atoms with Crippen molar-refractivity contribution in [3.8, 4) is 0 Å². The first-order chi connectivity index (χ1) is 7.66. The van der Waals surface area contributed by atoms with Gasteiger partial charge < -0.3 is 5.32 Å².